The quantitative estimate of drug-likeness (QED) is 0.203. The molecule has 0 atom stereocenters. The number of aliphatic hydroxyl groups is 1. The van der Waals surface area contributed by atoms with Gasteiger partial charge in [-0.15, -0.1) is 0 Å². The summed E-state index contributed by atoms with van der Waals surface area (Å²) < 4.78 is 2.52. The fraction of sp³-hybridized carbons (Fsp3) is 0.326. The van der Waals surface area contributed by atoms with E-state index in [1.54, 1.807) is 0 Å². The topological polar surface area (TPSA) is 26.5 Å². The zero-order valence-corrected chi connectivity index (χ0v) is 29.2. The lowest BCUT2D eigenvalue weighted by atomic mass is 9.78. The van der Waals surface area contributed by atoms with Crippen LogP contribution in [-0.4, -0.2) is 35.1 Å². The molecule has 4 heteroatoms. The third kappa shape index (κ3) is 5.19. The van der Waals surface area contributed by atoms with E-state index in [0.29, 0.717) is 6.54 Å². The molecule has 2 aliphatic heterocycles. The van der Waals surface area contributed by atoms with Gasteiger partial charge in [0, 0.05) is 52.5 Å². The van der Waals surface area contributed by atoms with Gasteiger partial charge in [-0.1, -0.05) is 99.1 Å². The average molecular weight is 642 g/mol. The second kappa shape index (κ2) is 12.3. The molecule has 2 heterocycles. The first kappa shape index (κ1) is 31.7. The van der Waals surface area contributed by atoms with E-state index in [-0.39, 0.29) is 17.4 Å². The van der Waals surface area contributed by atoms with Gasteiger partial charge in [0.05, 0.1) is 12.0 Å². The van der Waals surface area contributed by atoms with Gasteiger partial charge in [0.1, 0.15) is 6.54 Å². The van der Waals surface area contributed by atoms with Crippen molar-refractivity contribution in [2.75, 3.05) is 24.6 Å². The highest BCUT2D eigenvalue weighted by Gasteiger charge is 2.45. The molecule has 0 saturated carbocycles. The van der Waals surface area contributed by atoms with Crippen molar-refractivity contribution in [1.29, 1.82) is 0 Å². The summed E-state index contributed by atoms with van der Waals surface area (Å²) in [7, 11) is 0. The van der Waals surface area contributed by atoms with Crippen molar-refractivity contribution in [3.05, 3.63) is 130 Å². The van der Waals surface area contributed by atoms with Crippen LogP contribution < -0.4 is 4.90 Å². The monoisotopic (exact) mass is 641 g/mol. The van der Waals surface area contributed by atoms with Crippen molar-refractivity contribution in [2.24, 2.45) is 0 Å². The first-order chi connectivity index (χ1) is 22.7. The first-order valence-corrected chi connectivity index (χ1v) is 17.6. The van der Waals surface area contributed by atoms with Crippen LogP contribution in [0.2, 0.25) is 0 Å². The molecule has 0 unspecified atom stereocenters. The molecule has 0 aromatic heterocycles. The standard InChI is InChI=1S/C43H46ClN2O/c1-6-26-45-35-22-18-29-12-7-9-16-33(29)39(35)42(2,3)37(45)24-20-31-14-11-15-32(41(31)44)21-25-38-43(4,5)40-34-17-10-8-13-30(34)19-23-36(40)46(38)27-28-47/h7-10,12-13,16-25,47H,6,11,14-15,26-28H2,1-5H3/q+1. The number of β-amino-alcohol motifs (C(OH)–C–C–N with tert-alkyl or cyclic N) is 1. The van der Waals surface area contributed by atoms with Crippen LogP contribution >= 0.6 is 11.6 Å². The maximum atomic E-state index is 10.1. The molecule has 240 valence electrons. The van der Waals surface area contributed by atoms with Crippen LogP contribution in [-0.2, 0) is 10.8 Å². The Bertz CT molecular complexity index is 2060. The minimum Gasteiger partial charge on any atom is -0.395 e. The summed E-state index contributed by atoms with van der Waals surface area (Å²) in [4.78, 5) is 2.29. The minimum absolute atomic E-state index is 0.0930. The molecule has 4 aromatic rings. The van der Waals surface area contributed by atoms with Crippen LogP contribution in [0.15, 0.2) is 119 Å². The molecule has 47 heavy (non-hydrogen) atoms. The number of nitrogens with zero attached hydrogens (tertiary/aromatic N) is 2. The number of anilines is 1. The van der Waals surface area contributed by atoms with Gasteiger partial charge >= 0.3 is 0 Å². The van der Waals surface area contributed by atoms with Crippen LogP contribution in [0, 0.1) is 0 Å². The number of fused-ring (bicyclic) bond motifs is 6. The molecule has 7 rings (SSSR count). The van der Waals surface area contributed by atoms with E-state index >= 15 is 0 Å². The van der Waals surface area contributed by atoms with E-state index in [4.69, 9.17) is 11.6 Å². The fourth-order valence-electron chi connectivity index (χ4n) is 8.44. The largest absolute Gasteiger partial charge is 0.395 e. The van der Waals surface area contributed by atoms with Gasteiger partial charge in [-0.2, -0.15) is 4.58 Å². The summed E-state index contributed by atoms with van der Waals surface area (Å²) in [6, 6.07) is 26.4. The van der Waals surface area contributed by atoms with E-state index in [2.05, 4.69) is 141 Å². The van der Waals surface area contributed by atoms with E-state index in [1.807, 2.05) is 0 Å². The van der Waals surface area contributed by atoms with Gasteiger partial charge in [-0.25, -0.2) is 0 Å². The second-order valence-corrected chi connectivity index (χ2v) is 14.7. The molecule has 0 radical (unpaired) electrons. The Morgan fingerprint density at radius 2 is 1.49 bits per heavy atom. The van der Waals surface area contributed by atoms with Gasteiger partial charge in [0.25, 0.3) is 0 Å². The van der Waals surface area contributed by atoms with Crippen LogP contribution in [0.5, 0.6) is 0 Å². The Morgan fingerprint density at radius 1 is 0.809 bits per heavy atom. The molecule has 3 nitrogen and oxygen atoms in total. The predicted octanol–water partition coefficient (Wildman–Crippen LogP) is 10.6. The minimum atomic E-state index is -0.220. The number of halogens is 1. The third-order valence-corrected chi connectivity index (χ3v) is 11.1. The molecular weight excluding hydrogens is 596 g/mol. The van der Waals surface area contributed by atoms with Crippen LogP contribution in [0.1, 0.15) is 71.4 Å². The van der Waals surface area contributed by atoms with E-state index in [9.17, 15) is 5.11 Å². The lowest BCUT2D eigenvalue weighted by Gasteiger charge is -2.27. The number of rotatable bonds is 7. The highest BCUT2D eigenvalue weighted by Crippen LogP contribution is 2.51. The number of benzene rings is 4. The Morgan fingerprint density at radius 3 is 2.19 bits per heavy atom. The average Bonchev–Trinajstić information content (AvgIpc) is 3.42. The van der Waals surface area contributed by atoms with Crippen molar-refractivity contribution >= 4 is 50.2 Å². The predicted molar refractivity (Wildman–Crippen MR) is 201 cm³/mol. The highest BCUT2D eigenvalue weighted by atomic mass is 35.5. The van der Waals surface area contributed by atoms with Crippen LogP contribution in [0.25, 0.3) is 21.5 Å². The van der Waals surface area contributed by atoms with Gasteiger partial charge in [0.2, 0.25) is 5.69 Å². The third-order valence-electron chi connectivity index (χ3n) is 10.6. The van der Waals surface area contributed by atoms with Crippen molar-refractivity contribution in [1.82, 2.24) is 0 Å². The maximum absolute atomic E-state index is 10.1. The molecule has 0 bridgehead atoms. The zero-order valence-electron chi connectivity index (χ0n) is 28.4. The number of hydrogen-bond donors (Lipinski definition) is 1. The Labute approximate surface area is 284 Å². The van der Waals surface area contributed by atoms with Crippen molar-refractivity contribution in [3.8, 4) is 0 Å². The van der Waals surface area contributed by atoms with Gasteiger partial charge < -0.3 is 10.0 Å². The van der Waals surface area contributed by atoms with Gasteiger partial charge in [-0.05, 0) is 89.6 Å². The summed E-state index contributed by atoms with van der Waals surface area (Å²) >= 11 is 7.25. The van der Waals surface area contributed by atoms with E-state index < -0.39 is 0 Å². The van der Waals surface area contributed by atoms with Gasteiger partial charge in [0.15, 0.2) is 5.71 Å². The Hall–Kier alpha value is -3.92. The summed E-state index contributed by atoms with van der Waals surface area (Å²) in [6.45, 7) is 13.2. The normalized spacial score (nSPS) is 20.4. The maximum Gasteiger partial charge on any atom is 0.210 e. The van der Waals surface area contributed by atoms with Crippen LogP contribution in [0.3, 0.4) is 0 Å². The SMILES string of the molecule is CCC[N+]1=C(/C=C/C2=C(Cl)C(=C/C=C3/N(CCO)c4ccc5ccccc5c4C3(C)C)/CCC2)C(C)(C)c2c1ccc1ccccc21. The highest BCUT2D eigenvalue weighted by molar-refractivity contribution is 6.32. The molecule has 0 amide bonds. The summed E-state index contributed by atoms with van der Waals surface area (Å²) in [6.07, 6.45) is 13.2. The molecule has 0 spiro atoms. The van der Waals surface area contributed by atoms with Crippen LogP contribution in [0.4, 0.5) is 11.4 Å². The van der Waals surface area contributed by atoms with Gasteiger partial charge in [-0.3, -0.25) is 0 Å². The van der Waals surface area contributed by atoms with Crippen molar-refractivity contribution in [2.45, 2.75) is 71.1 Å². The summed E-state index contributed by atoms with van der Waals surface area (Å²) in [5, 5.41) is 16.1. The fourth-order valence-corrected chi connectivity index (χ4v) is 8.76. The van der Waals surface area contributed by atoms with Crippen molar-refractivity contribution in [3.63, 3.8) is 0 Å². The van der Waals surface area contributed by atoms with Crippen molar-refractivity contribution < 1.29 is 9.68 Å². The second-order valence-electron chi connectivity index (χ2n) is 14.3. The molecule has 0 saturated heterocycles. The Balaban J connectivity index is 1.26. The number of hydrogen-bond acceptors (Lipinski definition) is 2. The molecule has 4 aromatic carbocycles. The first-order valence-electron chi connectivity index (χ1n) is 17.2. The van der Waals surface area contributed by atoms with E-state index in [0.717, 1.165) is 37.3 Å². The zero-order chi connectivity index (χ0) is 32.9. The number of allylic oxidation sites excluding steroid dienone is 8. The summed E-state index contributed by atoms with van der Waals surface area (Å²) in [5.74, 6) is 0. The lowest BCUT2D eigenvalue weighted by molar-refractivity contribution is -0.437. The molecule has 3 aliphatic rings. The molecule has 1 N–H and O–H groups in total. The van der Waals surface area contributed by atoms with E-state index in [1.165, 1.54) is 66.6 Å². The lowest BCUT2D eigenvalue weighted by Crippen LogP contribution is -2.28. The Kier molecular flexibility index (Phi) is 8.27. The summed E-state index contributed by atoms with van der Waals surface area (Å²) in [5.41, 5.74) is 9.81. The smallest absolute Gasteiger partial charge is 0.210 e. The molecule has 0 fully saturated rings. The molecule has 1 aliphatic carbocycles. The molecular formula is C43H46ClN2O+. The number of aliphatic hydroxyl groups excluding tert-OH is 1.